The summed E-state index contributed by atoms with van der Waals surface area (Å²) < 4.78 is 4.27. The van der Waals surface area contributed by atoms with Gasteiger partial charge in [0.1, 0.15) is 0 Å². The zero-order valence-corrected chi connectivity index (χ0v) is 13.1. The first-order valence-electron chi connectivity index (χ1n) is 6.48. The minimum Gasteiger partial charge on any atom is -0.399 e. The molecule has 3 rings (SSSR count). The number of thioether (sulfide) groups is 1. The number of hydrogen-bond acceptors (Lipinski definition) is 5. The molecule has 0 aliphatic rings. The Kier molecular flexibility index (Phi) is 3.67. The molecule has 2 heterocycles. The minimum atomic E-state index is 0.789. The average molecular weight is 304 g/mol. The minimum absolute atomic E-state index is 0.789. The van der Waals surface area contributed by atoms with Gasteiger partial charge in [-0.2, -0.15) is 5.10 Å². The van der Waals surface area contributed by atoms with Crippen LogP contribution in [-0.4, -0.2) is 14.8 Å². The molecule has 0 aliphatic carbocycles. The van der Waals surface area contributed by atoms with Crippen LogP contribution in [0.15, 0.2) is 28.6 Å². The molecular formula is C14H16N4S2. The lowest BCUT2D eigenvalue weighted by atomic mass is 10.3. The highest BCUT2D eigenvalue weighted by Gasteiger charge is 2.08. The summed E-state index contributed by atoms with van der Waals surface area (Å²) in [5, 5.41) is 4.47. The van der Waals surface area contributed by atoms with E-state index in [1.54, 1.807) is 23.1 Å². The van der Waals surface area contributed by atoms with Crippen LogP contribution in [-0.2, 0) is 12.3 Å². The number of hydrogen-bond donors (Lipinski definition) is 1. The number of benzene rings is 1. The number of aryl methyl sites for hydroxylation is 2. The van der Waals surface area contributed by atoms with Gasteiger partial charge in [0.05, 0.1) is 15.9 Å². The second-order valence-corrected chi connectivity index (χ2v) is 6.84. The molecule has 2 aromatic heterocycles. The van der Waals surface area contributed by atoms with Gasteiger partial charge < -0.3 is 5.73 Å². The monoisotopic (exact) mass is 304 g/mol. The molecule has 0 atom stereocenters. The van der Waals surface area contributed by atoms with Crippen molar-refractivity contribution in [1.82, 2.24) is 14.8 Å². The maximum Gasteiger partial charge on any atom is 0.151 e. The molecule has 1 aromatic carbocycles. The van der Waals surface area contributed by atoms with E-state index in [0.29, 0.717) is 0 Å². The fraction of sp³-hybridized carbons (Fsp3) is 0.286. The molecule has 0 unspecified atom stereocenters. The SMILES string of the molecule is CCn1nc(C)cc1CSc1nc2ccc(N)cc2s1. The maximum absolute atomic E-state index is 5.80. The first kappa shape index (κ1) is 13.5. The standard InChI is InChI=1S/C14H16N4S2/c1-3-18-11(6-9(2)17-18)8-19-14-16-12-5-4-10(15)7-13(12)20-14/h4-7H,3,8,15H2,1-2H3. The van der Waals surface area contributed by atoms with Gasteiger partial charge in [-0.05, 0) is 38.1 Å². The van der Waals surface area contributed by atoms with Gasteiger partial charge in [-0.1, -0.05) is 11.8 Å². The lowest BCUT2D eigenvalue weighted by molar-refractivity contribution is 0.632. The topological polar surface area (TPSA) is 56.7 Å². The smallest absolute Gasteiger partial charge is 0.151 e. The van der Waals surface area contributed by atoms with Crippen LogP contribution >= 0.6 is 23.1 Å². The number of rotatable bonds is 4. The summed E-state index contributed by atoms with van der Waals surface area (Å²) in [5.41, 5.74) is 9.92. The Hall–Kier alpha value is -1.53. The van der Waals surface area contributed by atoms with E-state index in [1.165, 1.54) is 5.69 Å². The van der Waals surface area contributed by atoms with Gasteiger partial charge in [-0.15, -0.1) is 11.3 Å². The molecule has 0 saturated heterocycles. The normalized spacial score (nSPS) is 11.3. The summed E-state index contributed by atoms with van der Waals surface area (Å²) >= 11 is 3.45. The molecule has 0 aliphatic heterocycles. The van der Waals surface area contributed by atoms with Gasteiger partial charge in [0, 0.05) is 23.7 Å². The van der Waals surface area contributed by atoms with Crippen molar-refractivity contribution in [2.75, 3.05) is 5.73 Å². The maximum atomic E-state index is 5.80. The van der Waals surface area contributed by atoms with Gasteiger partial charge in [0.25, 0.3) is 0 Å². The highest BCUT2D eigenvalue weighted by atomic mass is 32.2. The van der Waals surface area contributed by atoms with Crippen molar-refractivity contribution in [2.45, 2.75) is 30.5 Å². The van der Waals surface area contributed by atoms with Crippen molar-refractivity contribution >= 4 is 39.0 Å². The van der Waals surface area contributed by atoms with Crippen LogP contribution in [0.5, 0.6) is 0 Å². The highest BCUT2D eigenvalue weighted by molar-refractivity contribution is 8.00. The van der Waals surface area contributed by atoms with Crippen molar-refractivity contribution in [2.24, 2.45) is 0 Å². The summed E-state index contributed by atoms with van der Waals surface area (Å²) in [4.78, 5) is 4.63. The van der Waals surface area contributed by atoms with Gasteiger partial charge in [-0.3, -0.25) is 4.68 Å². The molecule has 20 heavy (non-hydrogen) atoms. The summed E-state index contributed by atoms with van der Waals surface area (Å²) in [5.74, 6) is 0.893. The number of anilines is 1. The molecule has 3 aromatic rings. The predicted molar refractivity (Wildman–Crippen MR) is 86.2 cm³/mol. The number of nitrogen functional groups attached to an aromatic ring is 1. The third-order valence-electron chi connectivity index (χ3n) is 3.02. The predicted octanol–water partition coefficient (Wildman–Crippen LogP) is 3.70. The summed E-state index contributed by atoms with van der Waals surface area (Å²) in [7, 11) is 0. The van der Waals surface area contributed by atoms with Crippen LogP contribution in [0.2, 0.25) is 0 Å². The molecule has 0 radical (unpaired) electrons. The highest BCUT2D eigenvalue weighted by Crippen LogP contribution is 2.32. The molecule has 2 N–H and O–H groups in total. The second kappa shape index (κ2) is 5.46. The zero-order valence-electron chi connectivity index (χ0n) is 11.5. The fourth-order valence-electron chi connectivity index (χ4n) is 2.11. The van der Waals surface area contributed by atoms with E-state index < -0.39 is 0 Å². The number of fused-ring (bicyclic) bond motifs is 1. The van der Waals surface area contributed by atoms with Crippen LogP contribution < -0.4 is 5.73 Å². The first-order chi connectivity index (χ1) is 9.65. The average Bonchev–Trinajstić information content (AvgIpc) is 2.98. The van der Waals surface area contributed by atoms with E-state index in [1.807, 2.05) is 29.8 Å². The van der Waals surface area contributed by atoms with Crippen molar-refractivity contribution in [1.29, 1.82) is 0 Å². The third kappa shape index (κ3) is 2.66. The quantitative estimate of drug-likeness (QED) is 0.590. The van der Waals surface area contributed by atoms with Crippen LogP contribution in [0.4, 0.5) is 5.69 Å². The fourth-order valence-corrected chi connectivity index (χ4v) is 4.20. The number of thiazole rings is 1. The van der Waals surface area contributed by atoms with E-state index in [2.05, 4.69) is 23.1 Å². The van der Waals surface area contributed by atoms with E-state index in [0.717, 1.165) is 38.2 Å². The lowest BCUT2D eigenvalue weighted by Crippen LogP contribution is -2.01. The number of nitrogens with zero attached hydrogens (tertiary/aromatic N) is 3. The molecule has 6 heteroatoms. The Labute approximate surface area is 126 Å². The van der Waals surface area contributed by atoms with Crippen LogP contribution in [0.25, 0.3) is 10.2 Å². The zero-order chi connectivity index (χ0) is 14.1. The van der Waals surface area contributed by atoms with Crippen molar-refractivity contribution in [3.05, 3.63) is 35.7 Å². The van der Waals surface area contributed by atoms with E-state index in [4.69, 9.17) is 5.73 Å². The summed E-state index contributed by atoms with van der Waals surface area (Å²) in [6.07, 6.45) is 0. The number of nitrogens with two attached hydrogens (primary N) is 1. The summed E-state index contributed by atoms with van der Waals surface area (Å²) in [6.45, 7) is 5.04. The van der Waals surface area contributed by atoms with Gasteiger partial charge >= 0.3 is 0 Å². The number of aromatic nitrogens is 3. The Morgan fingerprint density at radius 3 is 3.00 bits per heavy atom. The molecule has 0 amide bonds. The molecule has 0 bridgehead atoms. The van der Waals surface area contributed by atoms with Gasteiger partial charge in [0.15, 0.2) is 4.34 Å². The first-order valence-corrected chi connectivity index (χ1v) is 8.28. The Morgan fingerprint density at radius 1 is 1.35 bits per heavy atom. The molecule has 4 nitrogen and oxygen atoms in total. The third-order valence-corrected chi connectivity index (χ3v) is 5.22. The summed E-state index contributed by atoms with van der Waals surface area (Å²) in [6, 6.07) is 8.00. The second-order valence-electron chi connectivity index (χ2n) is 4.59. The Bertz CT molecular complexity index is 745. The Balaban J connectivity index is 1.79. The van der Waals surface area contributed by atoms with Gasteiger partial charge in [0.2, 0.25) is 0 Å². The van der Waals surface area contributed by atoms with E-state index in [-0.39, 0.29) is 0 Å². The van der Waals surface area contributed by atoms with Crippen LogP contribution in [0, 0.1) is 6.92 Å². The molecular weight excluding hydrogens is 288 g/mol. The van der Waals surface area contributed by atoms with E-state index in [9.17, 15) is 0 Å². The van der Waals surface area contributed by atoms with E-state index >= 15 is 0 Å². The van der Waals surface area contributed by atoms with Crippen molar-refractivity contribution in [3.8, 4) is 0 Å². The van der Waals surface area contributed by atoms with Crippen molar-refractivity contribution < 1.29 is 0 Å². The van der Waals surface area contributed by atoms with Crippen LogP contribution in [0.1, 0.15) is 18.3 Å². The largest absolute Gasteiger partial charge is 0.399 e. The molecule has 0 saturated carbocycles. The van der Waals surface area contributed by atoms with Gasteiger partial charge in [-0.25, -0.2) is 4.98 Å². The molecule has 104 valence electrons. The van der Waals surface area contributed by atoms with Crippen LogP contribution in [0.3, 0.4) is 0 Å². The van der Waals surface area contributed by atoms with Crippen molar-refractivity contribution in [3.63, 3.8) is 0 Å². The lowest BCUT2D eigenvalue weighted by Gasteiger charge is -2.02. The molecule has 0 fully saturated rings. The Morgan fingerprint density at radius 2 is 2.20 bits per heavy atom. The molecule has 0 spiro atoms.